The molecule has 6 rings (SSSR count). The van der Waals surface area contributed by atoms with Gasteiger partial charge in [-0.3, -0.25) is 4.90 Å². The average molecular weight is 475 g/mol. The molecular weight excluding hydrogens is 452 g/mol. The fourth-order valence-corrected chi connectivity index (χ4v) is 5.38. The zero-order valence-electron chi connectivity index (χ0n) is 18.2. The average Bonchev–Trinajstić information content (AvgIpc) is 3.51. The van der Waals surface area contributed by atoms with Crippen LogP contribution in [0.2, 0.25) is 5.02 Å². The molecule has 2 aromatic carbocycles. The van der Waals surface area contributed by atoms with Gasteiger partial charge in [-0.1, -0.05) is 23.7 Å². The number of nitrogens with zero attached hydrogens (tertiary/aromatic N) is 6. The maximum atomic E-state index is 6.14. The largest absolute Gasteiger partial charge is 0.339 e. The molecule has 33 heavy (non-hydrogen) atoms. The summed E-state index contributed by atoms with van der Waals surface area (Å²) in [6, 6.07) is 18.5. The van der Waals surface area contributed by atoms with Gasteiger partial charge in [0.15, 0.2) is 11.5 Å². The van der Waals surface area contributed by atoms with Gasteiger partial charge in [0.25, 0.3) is 0 Å². The van der Waals surface area contributed by atoms with Crippen molar-refractivity contribution in [2.75, 3.05) is 24.5 Å². The van der Waals surface area contributed by atoms with Crippen LogP contribution in [0.1, 0.15) is 12.5 Å². The second kappa shape index (κ2) is 8.41. The van der Waals surface area contributed by atoms with Gasteiger partial charge in [-0.25, -0.2) is 9.38 Å². The van der Waals surface area contributed by atoms with Crippen molar-refractivity contribution in [3.63, 3.8) is 0 Å². The highest BCUT2D eigenvalue weighted by Crippen LogP contribution is 2.30. The number of benzene rings is 2. The van der Waals surface area contributed by atoms with E-state index in [9.17, 15) is 0 Å². The summed E-state index contributed by atoms with van der Waals surface area (Å²) in [7, 11) is 0. The summed E-state index contributed by atoms with van der Waals surface area (Å²) in [6.45, 7) is 6.05. The number of thiophene rings is 1. The second-order valence-corrected chi connectivity index (χ2v) is 9.73. The van der Waals surface area contributed by atoms with Gasteiger partial charge in [-0.05, 0) is 65.7 Å². The van der Waals surface area contributed by atoms with Crippen LogP contribution in [0.3, 0.4) is 0 Å². The van der Waals surface area contributed by atoms with E-state index in [0.717, 1.165) is 60.1 Å². The predicted octanol–water partition coefficient (Wildman–Crippen LogP) is 5.37. The number of hydrogen-bond acceptors (Lipinski definition) is 6. The van der Waals surface area contributed by atoms with Crippen LogP contribution in [0.15, 0.2) is 65.4 Å². The molecule has 1 aliphatic rings. The minimum absolute atomic E-state index is 0.400. The molecule has 1 fully saturated rings. The lowest BCUT2D eigenvalue weighted by molar-refractivity contribution is 0.180. The zero-order chi connectivity index (χ0) is 22.4. The second-order valence-electron chi connectivity index (χ2n) is 8.52. The highest BCUT2D eigenvalue weighted by atomic mass is 35.5. The Bertz CT molecular complexity index is 1410. The number of halogens is 1. The summed E-state index contributed by atoms with van der Waals surface area (Å²) in [5.41, 5.74) is 4.11. The number of rotatable bonds is 4. The van der Waals surface area contributed by atoms with E-state index in [4.69, 9.17) is 16.6 Å². The Morgan fingerprint density at radius 3 is 2.67 bits per heavy atom. The topological polar surface area (TPSA) is 49.6 Å². The SMILES string of the molecule is CC1CN(c2nc3ccccc3c3nnc(-c4ccc(Cl)cc4)n23)CCN1Cc1ccsc1. The van der Waals surface area contributed by atoms with E-state index in [1.165, 1.54) is 5.56 Å². The lowest BCUT2D eigenvalue weighted by Gasteiger charge is -2.40. The molecule has 0 amide bonds. The van der Waals surface area contributed by atoms with E-state index in [1.807, 2.05) is 42.5 Å². The lowest BCUT2D eigenvalue weighted by Crippen LogP contribution is -2.52. The Morgan fingerprint density at radius 2 is 1.88 bits per heavy atom. The third-order valence-electron chi connectivity index (χ3n) is 6.34. The van der Waals surface area contributed by atoms with Crippen molar-refractivity contribution in [3.8, 4) is 11.4 Å². The Morgan fingerprint density at radius 1 is 1.03 bits per heavy atom. The van der Waals surface area contributed by atoms with Crippen molar-refractivity contribution in [3.05, 3.63) is 75.9 Å². The highest BCUT2D eigenvalue weighted by molar-refractivity contribution is 7.07. The van der Waals surface area contributed by atoms with Crippen molar-refractivity contribution >= 4 is 45.4 Å². The van der Waals surface area contributed by atoms with Gasteiger partial charge in [-0.2, -0.15) is 11.3 Å². The van der Waals surface area contributed by atoms with Crippen LogP contribution in [0.5, 0.6) is 0 Å². The summed E-state index contributed by atoms with van der Waals surface area (Å²) in [6.07, 6.45) is 0. The molecule has 0 aliphatic carbocycles. The molecular formula is C25H23ClN6S. The number of hydrogen-bond donors (Lipinski definition) is 0. The Hall–Kier alpha value is -3.00. The molecule has 5 aromatic rings. The molecule has 0 spiro atoms. The number of fused-ring (bicyclic) bond motifs is 3. The van der Waals surface area contributed by atoms with Crippen molar-refractivity contribution < 1.29 is 0 Å². The van der Waals surface area contributed by atoms with Gasteiger partial charge in [0, 0.05) is 48.2 Å². The molecule has 0 N–H and O–H groups in total. The van der Waals surface area contributed by atoms with Crippen LogP contribution in [0.4, 0.5) is 5.95 Å². The number of para-hydroxylation sites is 1. The zero-order valence-corrected chi connectivity index (χ0v) is 19.8. The van der Waals surface area contributed by atoms with Crippen LogP contribution in [0.25, 0.3) is 27.9 Å². The molecule has 1 aliphatic heterocycles. The fraction of sp³-hybridized carbons (Fsp3) is 0.240. The van der Waals surface area contributed by atoms with Gasteiger partial charge < -0.3 is 4.90 Å². The fourth-order valence-electron chi connectivity index (χ4n) is 4.59. The van der Waals surface area contributed by atoms with Gasteiger partial charge >= 0.3 is 0 Å². The van der Waals surface area contributed by atoms with Crippen LogP contribution in [0, 0.1) is 0 Å². The highest BCUT2D eigenvalue weighted by Gasteiger charge is 2.28. The Kier molecular flexibility index (Phi) is 5.25. The van der Waals surface area contributed by atoms with E-state index in [1.54, 1.807) is 11.3 Å². The molecule has 6 nitrogen and oxygen atoms in total. The van der Waals surface area contributed by atoms with Crippen molar-refractivity contribution in [1.82, 2.24) is 24.5 Å². The smallest absolute Gasteiger partial charge is 0.213 e. The van der Waals surface area contributed by atoms with E-state index in [2.05, 4.69) is 54.2 Å². The number of aromatic nitrogens is 4. The third kappa shape index (κ3) is 3.76. The molecule has 1 saturated heterocycles. The molecule has 1 unspecified atom stereocenters. The van der Waals surface area contributed by atoms with E-state index >= 15 is 0 Å². The molecule has 0 radical (unpaired) electrons. The summed E-state index contributed by atoms with van der Waals surface area (Å²) in [5, 5.41) is 15.3. The predicted molar refractivity (Wildman–Crippen MR) is 135 cm³/mol. The summed E-state index contributed by atoms with van der Waals surface area (Å²) in [5.74, 6) is 1.67. The lowest BCUT2D eigenvalue weighted by atomic mass is 10.1. The van der Waals surface area contributed by atoms with E-state index < -0.39 is 0 Å². The first kappa shape index (κ1) is 20.6. The van der Waals surface area contributed by atoms with Crippen LogP contribution in [-0.4, -0.2) is 50.2 Å². The van der Waals surface area contributed by atoms with Crippen molar-refractivity contribution in [2.24, 2.45) is 0 Å². The molecule has 8 heteroatoms. The van der Waals surface area contributed by atoms with Gasteiger partial charge in [-0.15, -0.1) is 10.2 Å². The van der Waals surface area contributed by atoms with E-state index in [0.29, 0.717) is 11.1 Å². The Labute approximate surface area is 201 Å². The monoisotopic (exact) mass is 474 g/mol. The van der Waals surface area contributed by atoms with E-state index in [-0.39, 0.29) is 0 Å². The van der Waals surface area contributed by atoms with Crippen molar-refractivity contribution in [2.45, 2.75) is 19.5 Å². The summed E-state index contributed by atoms with van der Waals surface area (Å²) < 4.78 is 2.10. The van der Waals surface area contributed by atoms with Crippen LogP contribution in [-0.2, 0) is 6.54 Å². The van der Waals surface area contributed by atoms with Crippen LogP contribution < -0.4 is 4.90 Å². The molecule has 1 atom stereocenters. The first-order valence-corrected chi connectivity index (χ1v) is 12.4. The molecule has 3 aromatic heterocycles. The standard InChI is InChI=1S/C25H23ClN6S/c1-17-14-31(12-11-30(17)15-18-10-13-33-16-18)25-27-22-5-3-2-4-21(22)24-29-28-23(32(24)25)19-6-8-20(26)9-7-19/h2-10,13,16-17H,11-12,14-15H2,1H3. The summed E-state index contributed by atoms with van der Waals surface area (Å²) >= 11 is 7.89. The molecule has 4 heterocycles. The number of anilines is 1. The first-order valence-electron chi connectivity index (χ1n) is 11.1. The minimum Gasteiger partial charge on any atom is -0.339 e. The molecule has 0 bridgehead atoms. The van der Waals surface area contributed by atoms with Crippen molar-refractivity contribution in [1.29, 1.82) is 0 Å². The summed E-state index contributed by atoms with van der Waals surface area (Å²) in [4.78, 5) is 10.0. The maximum absolute atomic E-state index is 6.14. The molecule has 0 saturated carbocycles. The maximum Gasteiger partial charge on any atom is 0.213 e. The number of piperazine rings is 1. The van der Waals surface area contributed by atoms with Crippen LogP contribution >= 0.6 is 22.9 Å². The van der Waals surface area contributed by atoms with Gasteiger partial charge in [0.05, 0.1) is 5.52 Å². The Balaban J connectivity index is 1.43. The first-order chi connectivity index (χ1) is 16.2. The molecule has 166 valence electrons. The quantitative estimate of drug-likeness (QED) is 0.350. The minimum atomic E-state index is 0.400. The van der Waals surface area contributed by atoms with Gasteiger partial charge in [0.1, 0.15) is 0 Å². The van der Waals surface area contributed by atoms with Gasteiger partial charge in [0.2, 0.25) is 5.95 Å². The normalized spacial score (nSPS) is 17.3. The third-order valence-corrected chi connectivity index (χ3v) is 7.33.